The summed E-state index contributed by atoms with van der Waals surface area (Å²) in [6.07, 6.45) is 0. The molecule has 0 heterocycles. The van der Waals surface area contributed by atoms with Gasteiger partial charge in [-0.3, -0.25) is 0 Å². The molecular formula is C14H23NO2Si2. The second kappa shape index (κ2) is 5.59. The molecule has 1 aromatic rings. The van der Waals surface area contributed by atoms with Crippen molar-refractivity contribution in [2.75, 3.05) is 0 Å². The molecule has 3 nitrogen and oxygen atoms in total. The SMILES string of the molecule is C[Si](C)(C)OC(C#N)(O[Si](C)(C)C)c1ccccc1. The summed E-state index contributed by atoms with van der Waals surface area (Å²) in [5.41, 5.74) is 0.780. The molecule has 0 spiro atoms. The fourth-order valence-corrected chi connectivity index (χ4v) is 3.99. The van der Waals surface area contributed by atoms with Crippen molar-refractivity contribution in [3.8, 4) is 6.07 Å². The minimum Gasteiger partial charge on any atom is -0.377 e. The summed E-state index contributed by atoms with van der Waals surface area (Å²) in [6, 6.07) is 11.8. The molecule has 0 saturated carbocycles. The monoisotopic (exact) mass is 293 g/mol. The van der Waals surface area contributed by atoms with E-state index in [1.54, 1.807) is 0 Å². The van der Waals surface area contributed by atoms with Gasteiger partial charge in [0.2, 0.25) is 0 Å². The molecule has 0 aliphatic heterocycles. The molecule has 0 N–H and O–H groups in total. The smallest absolute Gasteiger partial charge is 0.268 e. The topological polar surface area (TPSA) is 42.2 Å². The zero-order chi connectivity index (χ0) is 14.7. The molecule has 0 radical (unpaired) electrons. The van der Waals surface area contributed by atoms with E-state index < -0.39 is 22.4 Å². The van der Waals surface area contributed by atoms with E-state index >= 15 is 0 Å². The van der Waals surface area contributed by atoms with Crippen LogP contribution in [0, 0.1) is 11.3 Å². The van der Waals surface area contributed by atoms with Crippen LogP contribution in [-0.4, -0.2) is 16.6 Å². The van der Waals surface area contributed by atoms with Gasteiger partial charge in [0.05, 0.1) is 0 Å². The molecular weight excluding hydrogens is 270 g/mol. The molecule has 0 unspecified atom stereocenters. The molecule has 1 aromatic carbocycles. The van der Waals surface area contributed by atoms with Crippen molar-refractivity contribution in [3.63, 3.8) is 0 Å². The van der Waals surface area contributed by atoms with E-state index in [0.717, 1.165) is 5.56 Å². The molecule has 0 saturated heterocycles. The fourth-order valence-electron chi connectivity index (χ4n) is 1.77. The Balaban J connectivity index is 3.27. The van der Waals surface area contributed by atoms with Crippen LogP contribution in [0.5, 0.6) is 0 Å². The summed E-state index contributed by atoms with van der Waals surface area (Å²) < 4.78 is 12.3. The van der Waals surface area contributed by atoms with Gasteiger partial charge in [-0.25, -0.2) is 0 Å². The van der Waals surface area contributed by atoms with Crippen molar-refractivity contribution in [3.05, 3.63) is 35.9 Å². The third-order valence-corrected chi connectivity index (χ3v) is 4.00. The van der Waals surface area contributed by atoms with Gasteiger partial charge in [0, 0.05) is 5.56 Å². The Labute approximate surface area is 118 Å². The number of rotatable bonds is 5. The number of nitrogens with zero attached hydrogens (tertiary/aromatic N) is 1. The Morgan fingerprint density at radius 3 is 1.63 bits per heavy atom. The molecule has 5 heteroatoms. The highest BCUT2D eigenvalue weighted by Crippen LogP contribution is 2.33. The van der Waals surface area contributed by atoms with Gasteiger partial charge in [-0.05, 0) is 39.3 Å². The first-order valence-corrected chi connectivity index (χ1v) is 13.3. The van der Waals surface area contributed by atoms with Gasteiger partial charge < -0.3 is 8.85 Å². The van der Waals surface area contributed by atoms with Gasteiger partial charge in [-0.15, -0.1) is 0 Å². The third-order valence-electron chi connectivity index (χ3n) is 2.20. The van der Waals surface area contributed by atoms with E-state index in [1.165, 1.54) is 0 Å². The van der Waals surface area contributed by atoms with Gasteiger partial charge >= 0.3 is 0 Å². The van der Waals surface area contributed by atoms with Crippen molar-refractivity contribution in [1.29, 1.82) is 5.26 Å². The van der Waals surface area contributed by atoms with E-state index in [2.05, 4.69) is 45.4 Å². The highest BCUT2D eigenvalue weighted by Gasteiger charge is 2.42. The second-order valence-electron chi connectivity index (χ2n) is 6.52. The van der Waals surface area contributed by atoms with Crippen LogP contribution < -0.4 is 0 Å². The minimum atomic E-state index is -1.92. The number of benzene rings is 1. The Bertz CT molecular complexity index is 439. The van der Waals surface area contributed by atoms with Crippen LogP contribution >= 0.6 is 0 Å². The predicted molar refractivity (Wildman–Crippen MR) is 82.6 cm³/mol. The number of hydrogen-bond acceptors (Lipinski definition) is 3. The molecule has 0 bridgehead atoms. The first-order chi connectivity index (χ1) is 8.58. The summed E-state index contributed by atoms with van der Waals surface area (Å²) in [5.74, 6) is -1.27. The molecule has 0 aromatic heterocycles. The van der Waals surface area contributed by atoms with Crippen molar-refractivity contribution in [2.24, 2.45) is 0 Å². The van der Waals surface area contributed by atoms with E-state index in [9.17, 15) is 5.26 Å². The first-order valence-electron chi connectivity index (χ1n) is 6.45. The maximum atomic E-state index is 9.70. The van der Waals surface area contributed by atoms with Crippen molar-refractivity contribution >= 4 is 16.6 Å². The molecule has 0 aliphatic carbocycles. The summed E-state index contributed by atoms with van der Waals surface area (Å²) in [4.78, 5) is 0. The molecule has 0 atom stereocenters. The largest absolute Gasteiger partial charge is 0.377 e. The van der Waals surface area contributed by atoms with Crippen LogP contribution in [0.25, 0.3) is 0 Å². The lowest BCUT2D eigenvalue weighted by atomic mass is 10.1. The van der Waals surface area contributed by atoms with Gasteiger partial charge in [0.15, 0.2) is 16.6 Å². The molecule has 19 heavy (non-hydrogen) atoms. The van der Waals surface area contributed by atoms with E-state index in [1.807, 2.05) is 30.3 Å². The predicted octanol–water partition coefficient (Wildman–Crippen LogP) is 4.07. The Morgan fingerprint density at radius 2 is 1.32 bits per heavy atom. The van der Waals surface area contributed by atoms with Gasteiger partial charge in [-0.1, -0.05) is 30.3 Å². The van der Waals surface area contributed by atoms with Crippen LogP contribution in [0.15, 0.2) is 30.3 Å². The third kappa shape index (κ3) is 4.92. The summed E-state index contributed by atoms with van der Waals surface area (Å²) in [6.45, 7) is 12.4. The Hall–Kier alpha value is -0.936. The fraction of sp³-hybridized carbons (Fsp3) is 0.500. The normalized spacial score (nSPS) is 13.1. The average molecular weight is 294 g/mol. The number of nitriles is 1. The maximum Gasteiger partial charge on any atom is 0.268 e. The Kier molecular flexibility index (Phi) is 4.74. The second-order valence-corrected chi connectivity index (χ2v) is 15.4. The van der Waals surface area contributed by atoms with Crippen LogP contribution in [0.2, 0.25) is 39.3 Å². The van der Waals surface area contributed by atoms with Crippen LogP contribution in [0.3, 0.4) is 0 Å². The molecule has 104 valence electrons. The first kappa shape index (κ1) is 16.1. The molecule has 0 aliphatic rings. The van der Waals surface area contributed by atoms with Crippen LogP contribution in [0.1, 0.15) is 5.56 Å². The van der Waals surface area contributed by atoms with Crippen LogP contribution in [0.4, 0.5) is 0 Å². The van der Waals surface area contributed by atoms with E-state index in [-0.39, 0.29) is 0 Å². The van der Waals surface area contributed by atoms with Crippen molar-refractivity contribution in [2.45, 2.75) is 45.1 Å². The molecule has 0 amide bonds. The lowest BCUT2D eigenvalue weighted by molar-refractivity contribution is -0.0838. The van der Waals surface area contributed by atoms with E-state index in [4.69, 9.17) is 8.85 Å². The lowest BCUT2D eigenvalue weighted by Crippen LogP contribution is -2.47. The average Bonchev–Trinajstić information content (AvgIpc) is 2.25. The van der Waals surface area contributed by atoms with Gasteiger partial charge in [0.1, 0.15) is 6.07 Å². The minimum absolute atomic E-state index is 0.780. The Morgan fingerprint density at radius 1 is 0.895 bits per heavy atom. The standard InChI is InChI=1S/C14H23NO2Si2/c1-18(2,3)16-14(12-15,17-19(4,5)6)13-10-8-7-9-11-13/h7-11H,1-6H3. The molecule has 1 rings (SSSR count). The van der Waals surface area contributed by atoms with Gasteiger partial charge in [0.25, 0.3) is 5.79 Å². The van der Waals surface area contributed by atoms with Crippen molar-refractivity contribution < 1.29 is 8.85 Å². The molecule has 0 fully saturated rings. The van der Waals surface area contributed by atoms with E-state index in [0.29, 0.717) is 0 Å². The lowest BCUT2D eigenvalue weighted by Gasteiger charge is -2.38. The zero-order valence-corrected chi connectivity index (χ0v) is 14.7. The van der Waals surface area contributed by atoms with Gasteiger partial charge in [-0.2, -0.15) is 5.26 Å². The maximum absolute atomic E-state index is 9.70. The highest BCUT2D eigenvalue weighted by atomic mass is 28.4. The van der Waals surface area contributed by atoms with Crippen molar-refractivity contribution in [1.82, 2.24) is 0 Å². The quantitative estimate of drug-likeness (QED) is 0.607. The summed E-state index contributed by atoms with van der Waals surface area (Å²) in [5, 5.41) is 9.70. The number of hydrogen-bond donors (Lipinski definition) is 0. The highest BCUT2D eigenvalue weighted by molar-refractivity contribution is 6.71. The zero-order valence-electron chi connectivity index (χ0n) is 12.7. The van der Waals surface area contributed by atoms with Crippen LogP contribution in [-0.2, 0) is 14.6 Å². The summed E-state index contributed by atoms with van der Waals surface area (Å²) >= 11 is 0. The summed E-state index contributed by atoms with van der Waals surface area (Å²) in [7, 11) is -3.84.